The first-order chi connectivity index (χ1) is 10.0. The van der Waals surface area contributed by atoms with Gasteiger partial charge in [0.15, 0.2) is 5.96 Å². The van der Waals surface area contributed by atoms with E-state index in [0.29, 0.717) is 0 Å². The second kappa shape index (κ2) is 6.51. The van der Waals surface area contributed by atoms with Gasteiger partial charge in [-0.05, 0) is 24.6 Å². The Kier molecular flexibility index (Phi) is 4.50. The maximum absolute atomic E-state index is 10.7. The Morgan fingerprint density at radius 1 is 1.29 bits per heavy atom. The van der Waals surface area contributed by atoms with Gasteiger partial charge in [0.05, 0.1) is 11.5 Å². The lowest BCUT2D eigenvalue weighted by molar-refractivity contribution is -0.384. The molecule has 0 bridgehead atoms. The summed E-state index contributed by atoms with van der Waals surface area (Å²) < 4.78 is 0. The average molecular weight is 284 g/mol. The van der Waals surface area contributed by atoms with Gasteiger partial charge >= 0.3 is 0 Å². The summed E-state index contributed by atoms with van der Waals surface area (Å²) in [4.78, 5) is 14.4. The van der Waals surface area contributed by atoms with Crippen molar-refractivity contribution in [2.45, 2.75) is 13.5 Å². The van der Waals surface area contributed by atoms with Crippen LogP contribution < -0.4 is 11.1 Å². The molecule has 0 fully saturated rings. The Morgan fingerprint density at radius 2 is 2.00 bits per heavy atom. The zero-order valence-electron chi connectivity index (χ0n) is 11.6. The van der Waals surface area contributed by atoms with Crippen molar-refractivity contribution >= 4 is 17.3 Å². The lowest BCUT2D eigenvalue weighted by atomic mass is 10.2. The topological polar surface area (TPSA) is 93.5 Å². The number of anilines is 1. The number of nitrogens with zero attached hydrogens (tertiary/aromatic N) is 2. The Hall–Kier alpha value is -2.89. The SMILES string of the molecule is Cc1ccc(NC(N)=NCc2cccc([N+](=O)[O-])c2)cc1. The zero-order chi connectivity index (χ0) is 15.2. The van der Waals surface area contributed by atoms with E-state index in [1.807, 2.05) is 31.2 Å². The summed E-state index contributed by atoms with van der Waals surface area (Å²) in [6.07, 6.45) is 0. The van der Waals surface area contributed by atoms with Gasteiger partial charge in [-0.3, -0.25) is 10.1 Å². The summed E-state index contributed by atoms with van der Waals surface area (Å²) in [5, 5.41) is 13.7. The highest BCUT2D eigenvalue weighted by molar-refractivity contribution is 5.92. The summed E-state index contributed by atoms with van der Waals surface area (Å²) in [7, 11) is 0. The van der Waals surface area contributed by atoms with Crippen molar-refractivity contribution in [2.75, 3.05) is 5.32 Å². The van der Waals surface area contributed by atoms with Gasteiger partial charge in [-0.25, -0.2) is 4.99 Å². The maximum Gasteiger partial charge on any atom is 0.269 e. The second-order valence-corrected chi connectivity index (χ2v) is 4.62. The molecule has 0 unspecified atom stereocenters. The van der Waals surface area contributed by atoms with Crippen LogP contribution in [0, 0.1) is 17.0 Å². The van der Waals surface area contributed by atoms with Crippen molar-refractivity contribution in [1.29, 1.82) is 0 Å². The van der Waals surface area contributed by atoms with E-state index in [9.17, 15) is 10.1 Å². The van der Waals surface area contributed by atoms with Gasteiger partial charge in [0, 0.05) is 17.8 Å². The predicted octanol–water partition coefficient (Wildman–Crippen LogP) is 2.83. The molecule has 6 heteroatoms. The minimum Gasteiger partial charge on any atom is -0.370 e. The molecule has 0 amide bonds. The number of benzene rings is 2. The van der Waals surface area contributed by atoms with Crippen molar-refractivity contribution in [2.24, 2.45) is 10.7 Å². The summed E-state index contributed by atoms with van der Waals surface area (Å²) in [5.74, 6) is 0.269. The van der Waals surface area contributed by atoms with Gasteiger partial charge in [-0.2, -0.15) is 0 Å². The van der Waals surface area contributed by atoms with Gasteiger partial charge in [0.25, 0.3) is 5.69 Å². The number of aliphatic imine (C=N–C) groups is 1. The molecule has 3 N–H and O–H groups in total. The van der Waals surface area contributed by atoms with Crippen LogP contribution in [0.25, 0.3) is 0 Å². The zero-order valence-corrected chi connectivity index (χ0v) is 11.6. The third kappa shape index (κ3) is 4.31. The number of rotatable bonds is 4. The van der Waals surface area contributed by atoms with Crippen LogP contribution in [-0.4, -0.2) is 10.9 Å². The molecule has 0 radical (unpaired) electrons. The highest BCUT2D eigenvalue weighted by Gasteiger charge is 2.05. The highest BCUT2D eigenvalue weighted by Crippen LogP contribution is 2.14. The molecular formula is C15H16N4O2. The maximum atomic E-state index is 10.7. The largest absolute Gasteiger partial charge is 0.370 e. The van der Waals surface area contributed by atoms with Crippen LogP contribution >= 0.6 is 0 Å². The fourth-order valence-corrected chi connectivity index (χ4v) is 1.77. The molecule has 21 heavy (non-hydrogen) atoms. The molecule has 0 atom stereocenters. The van der Waals surface area contributed by atoms with Gasteiger partial charge < -0.3 is 11.1 Å². The molecule has 0 aromatic heterocycles. The second-order valence-electron chi connectivity index (χ2n) is 4.62. The van der Waals surface area contributed by atoms with Crippen LogP contribution in [0.3, 0.4) is 0 Å². The van der Waals surface area contributed by atoms with Crippen LogP contribution in [0.15, 0.2) is 53.5 Å². The third-order valence-electron chi connectivity index (χ3n) is 2.88. The molecule has 2 rings (SSSR count). The van der Waals surface area contributed by atoms with E-state index in [2.05, 4.69) is 10.3 Å². The molecule has 2 aromatic rings. The molecule has 0 aliphatic heterocycles. The lowest BCUT2D eigenvalue weighted by Gasteiger charge is -2.06. The van der Waals surface area contributed by atoms with E-state index < -0.39 is 4.92 Å². The first-order valence-electron chi connectivity index (χ1n) is 6.41. The van der Waals surface area contributed by atoms with E-state index >= 15 is 0 Å². The summed E-state index contributed by atoms with van der Waals surface area (Å²) in [6.45, 7) is 2.29. The number of nitro benzene ring substituents is 1. The Labute approximate surface area is 122 Å². The van der Waals surface area contributed by atoms with Gasteiger partial charge in [0.2, 0.25) is 0 Å². The molecule has 2 aromatic carbocycles. The Morgan fingerprint density at radius 3 is 2.67 bits per heavy atom. The standard InChI is InChI=1S/C15H16N4O2/c1-11-5-7-13(8-6-11)18-15(16)17-10-12-3-2-4-14(9-12)19(20)21/h2-9H,10H2,1H3,(H3,16,17,18). The van der Waals surface area contributed by atoms with Crippen LogP contribution in [0.4, 0.5) is 11.4 Å². The van der Waals surface area contributed by atoms with E-state index in [1.54, 1.807) is 12.1 Å². The monoisotopic (exact) mass is 284 g/mol. The summed E-state index contributed by atoms with van der Waals surface area (Å²) >= 11 is 0. The first-order valence-corrected chi connectivity index (χ1v) is 6.41. The van der Waals surface area contributed by atoms with E-state index in [1.165, 1.54) is 12.1 Å². The molecular weight excluding hydrogens is 268 g/mol. The molecule has 0 spiro atoms. The molecule has 0 saturated carbocycles. The van der Waals surface area contributed by atoms with E-state index in [-0.39, 0.29) is 18.2 Å². The molecule has 108 valence electrons. The predicted molar refractivity (Wildman–Crippen MR) is 83.2 cm³/mol. The van der Waals surface area contributed by atoms with E-state index in [4.69, 9.17) is 5.73 Å². The fraction of sp³-hybridized carbons (Fsp3) is 0.133. The molecule has 0 saturated heterocycles. The van der Waals surface area contributed by atoms with Gasteiger partial charge in [-0.15, -0.1) is 0 Å². The van der Waals surface area contributed by atoms with E-state index in [0.717, 1.165) is 16.8 Å². The summed E-state index contributed by atoms with van der Waals surface area (Å²) in [5.41, 5.74) is 8.59. The third-order valence-corrected chi connectivity index (χ3v) is 2.88. The van der Waals surface area contributed by atoms with Crippen molar-refractivity contribution in [3.8, 4) is 0 Å². The Bertz CT molecular complexity index is 666. The smallest absolute Gasteiger partial charge is 0.269 e. The number of nitro groups is 1. The minimum atomic E-state index is -0.429. The molecule has 0 aliphatic rings. The number of guanidine groups is 1. The number of nitrogens with two attached hydrogens (primary N) is 1. The van der Waals surface area contributed by atoms with Crippen LogP contribution in [-0.2, 0) is 6.54 Å². The minimum absolute atomic E-state index is 0.0489. The molecule has 0 aliphatic carbocycles. The van der Waals surface area contributed by atoms with Crippen LogP contribution in [0.2, 0.25) is 0 Å². The van der Waals surface area contributed by atoms with Crippen molar-refractivity contribution < 1.29 is 4.92 Å². The number of non-ortho nitro benzene ring substituents is 1. The number of hydrogen-bond acceptors (Lipinski definition) is 3. The van der Waals surface area contributed by atoms with Crippen molar-refractivity contribution in [1.82, 2.24) is 0 Å². The molecule has 0 heterocycles. The van der Waals surface area contributed by atoms with Crippen molar-refractivity contribution in [3.05, 3.63) is 69.8 Å². The Balaban J connectivity index is 2.01. The fourth-order valence-electron chi connectivity index (χ4n) is 1.77. The van der Waals surface area contributed by atoms with Gasteiger partial charge in [0.1, 0.15) is 0 Å². The summed E-state index contributed by atoms with van der Waals surface area (Å²) in [6, 6.07) is 14.1. The van der Waals surface area contributed by atoms with Crippen LogP contribution in [0.1, 0.15) is 11.1 Å². The van der Waals surface area contributed by atoms with Gasteiger partial charge in [-0.1, -0.05) is 29.8 Å². The lowest BCUT2D eigenvalue weighted by Crippen LogP contribution is -2.22. The number of hydrogen-bond donors (Lipinski definition) is 2. The van der Waals surface area contributed by atoms with Crippen LogP contribution in [0.5, 0.6) is 0 Å². The normalized spacial score (nSPS) is 11.2. The quantitative estimate of drug-likeness (QED) is 0.390. The number of nitrogens with one attached hydrogen (secondary N) is 1. The van der Waals surface area contributed by atoms with Crippen molar-refractivity contribution in [3.63, 3.8) is 0 Å². The average Bonchev–Trinajstić information content (AvgIpc) is 2.48. The first kappa shape index (κ1) is 14.5. The molecule has 6 nitrogen and oxygen atoms in total. The number of aryl methyl sites for hydroxylation is 1. The highest BCUT2D eigenvalue weighted by atomic mass is 16.6.